The van der Waals surface area contributed by atoms with E-state index in [2.05, 4.69) is 27.3 Å². The Morgan fingerprint density at radius 3 is 2.45 bits per heavy atom. The molecular formula is C23H25N3O3. The van der Waals surface area contributed by atoms with Gasteiger partial charge in [0.05, 0.1) is 6.10 Å². The lowest BCUT2D eigenvalue weighted by atomic mass is 10.1. The molecule has 2 N–H and O–H groups in total. The van der Waals surface area contributed by atoms with Crippen LogP contribution in [0.5, 0.6) is 5.75 Å². The van der Waals surface area contributed by atoms with E-state index in [9.17, 15) is 9.90 Å². The molecule has 0 aliphatic carbocycles. The Morgan fingerprint density at radius 1 is 1.07 bits per heavy atom. The van der Waals surface area contributed by atoms with Crippen LogP contribution in [0.3, 0.4) is 0 Å². The predicted molar refractivity (Wildman–Crippen MR) is 111 cm³/mol. The van der Waals surface area contributed by atoms with E-state index in [0.29, 0.717) is 18.8 Å². The molecule has 29 heavy (non-hydrogen) atoms. The maximum atomic E-state index is 12.8. The number of ether oxygens (including phenoxy) is 1. The quantitative estimate of drug-likeness (QED) is 0.676. The van der Waals surface area contributed by atoms with Crippen molar-refractivity contribution in [2.45, 2.75) is 45.3 Å². The van der Waals surface area contributed by atoms with Gasteiger partial charge in [-0.1, -0.05) is 42.5 Å². The van der Waals surface area contributed by atoms with Gasteiger partial charge in [0.15, 0.2) is 6.10 Å². The van der Waals surface area contributed by atoms with Crippen LogP contribution in [-0.4, -0.2) is 39.3 Å². The normalized spacial score (nSPS) is 16.8. The van der Waals surface area contributed by atoms with Crippen molar-refractivity contribution in [2.75, 3.05) is 0 Å². The number of benzene rings is 2. The second-order valence-electron chi connectivity index (χ2n) is 7.46. The fraction of sp³-hybridized carbons (Fsp3) is 0.304. The molecule has 0 saturated heterocycles. The number of aromatic nitrogens is 1. The fourth-order valence-corrected chi connectivity index (χ4v) is 3.75. The number of nitrogens with zero attached hydrogens (tertiary/aromatic N) is 2. The van der Waals surface area contributed by atoms with Crippen molar-refractivity contribution >= 4 is 16.8 Å². The van der Waals surface area contributed by atoms with Gasteiger partial charge in [-0.15, -0.1) is 0 Å². The average molecular weight is 391 g/mol. The van der Waals surface area contributed by atoms with Crippen LogP contribution in [0.1, 0.15) is 25.0 Å². The molecular weight excluding hydrogens is 366 g/mol. The second-order valence-corrected chi connectivity index (χ2v) is 7.46. The lowest BCUT2D eigenvalue weighted by molar-refractivity contribution is -0.131. The largest absolute Gasteiger partial charge is 0.479 e. The van der Waals surface area contributed by atoms with E-state index in [0.717, 1.165) is 10.9 Å². The molecule has 1 aliphatic rings. The molecule has 0 fully saturated rings. The second kappa shape index (κ2) is 8.19. The van der Waals surface area contributed by atoms with Crippen LogP contribution >= 0.6 is 0 Å². The van der Waals surface area contributed by atoms with Gasteiger partial charge in [-0.3, -0.25) is 14.7 Å². The first-order chi connectivity index (χ1) is 14.0. The van der Waals surface area contributed by atoms with Crippen LogP contribution in [0.15, 0.2) is 60.8 Å². The summed E-state index contributed by atoms with van der Waals surface area (Å²) < 4.78 is 5.92. The first kappa shape index (κ1) is 19.4. The molecule has 150 valence electrons. The molecule has 4 rings (SSSR count). The van der Waals surface area contributed by atoms with Gasteiger partial charge in [-0.05, 0) is 37.1 Å². The Bertz CT molecular complexity index is 991. The first-order valence-electron chi connectivity index (χ1n) is 9.82. The average Bonchev–Trinajstić information content (AvgIpc) is 3.15. The van der Waals surface area contributed by atoms with Gasteiger partial charge in [0, 0.05) is 24.7 Å². The summed E-state index contributed by atoms with van der Waals surface area (Å²) in [4.78, 5) is 19.3. The molecule has 2 unspecified atom stereocenters. The Labute approximate surface area is 170 Å². The van der Waals surface area contributed by atoms with E-state index in [1.54, 1.807) is 20.0 Å². The summed E-state index contributed by atoms with van der Waals surface area (Å²) in [7, 11) is 0. The van der Waals surface area contributed by atoms with Gasteiger partial charge >= 0.3 is 0 Å². The zero-order valence-corrected chi connectivity index (χ0v) is 16.6. The van der Waals surface area contributed by atoms with Crippen molar-refractivity contribution in [1.29, 1.82) is 0 Å². The van der Waals surface area contributed by atoms with E-state index in [4.69, 9.17) is 4.74 Å². The highest BCUT2D eigenvalue weighted by Gasteiger charge is 2.31. The maximum absolute atomic E-state index is 12.8. The van der Waals surface area contributed by atoms with E-state index < -0.39 is 18.4 Å². The van der Waals surface area contributed by atoms with E-state index in [1.165, 1.54) is 11.1 Å². The third-order valence-corrected chi connectivity index (χ3v) is 5.27. The monoisotopic (exact) mass is 391 g/mol. The smallest absolute Gasteiger partial charge is 0.262 e. The van der Waals surface area contributed by atoms with Crippen molar-refractivity contribution in [3.05, 3.63) is 71.9 Å². The van der Waals surface area contributed by atoms with Gasteiger partial charge in [-0.25, -0.2) is 0 Å². The summed E-state index contributed by atoms with van der Waals surface area (Å²) in [5.41, 5.74) is 3.16. The van der Waals surface area contributed by atoms with Crippen molar-refractivity contribution in [1.82, 2.24) is 15.2 Å². The minimum atomic E-state index is -0.728. The number of para-hydroxylation sites is 1. The highest BCUT2D eigenvalue weighted by Crippen LogP contribution is 2.26. The highest BCUT2D eigenvalue weighted by molar-refractivity contribution is 5.85. The summed E-state index contributed by atoms with van der Waals surface area (Å²) in [5.74, 6) is 0.285. The molecule has 0 bridgehead atoms. The molecule has 1 amide bonds. The van der Waals surface area contributed by atoms with Crippen molar-refractivity contribution < 1.29 is 14.6 Å². The molecule has 3 atom stereocenters. The third kappa shape index (κ3) is 4.09. The molecule has 2 heterocycles. The van der Waals surface area contributed by atoms with Crippen LogP contribution in [0.25, 0.3) is 10.9 Å². The molecule has 1 aromatic heterocycles. The number of carbonyl (C=O) groups excluding carboxylic acids is 1. The zero-order valence-electron chi connectivity index (χ0n) is 16.6. The number of carbonyl (C=O) groups is 1. The van der Waals surface area contributed by atoms with Crippen LogP contribution in [0.2, 0.25) is 0 Å². The molecule has 0 saturated carbocycles. The van der Waals surface area contributed by atoms with Crippen LogP contribution in [0.4, 0.5) is 0 Å². The van der Waals surface area contributed by atoms with Crippen LogP contribution in [-0.2, 0) is 17.9 Å². The van der Waals surface area contributed by atoms with Crippen LogP contribution < -0.4 is 10.1 Å². The summed E-state index contributed by atoms with van der Waals surface area (Å²) in [6, 6.07) is 17.6. The number of pyridine rings is 1. The SMILES string of the molecule is CC(Oc1cccc2cccnc12)C(=O)N[C@H](C(C)O)N1Cc2ccccc2C1. The lowest BCUT2D eigenvalue weighted by Crippen LogP contribution is -2.54. The Kier molecular flexibility index (Phi) is 5.47. The topological polar surface area (TPSA) is 74.7 Å². The van der Waals surface area contributed by atoms with E-state index >= 15 is 0 Å². The molecule has 1 aliphatic heterocycles. The molecule has 6 nitrogen and oxygen atoms in total. The van der Waals surface area contributed by atoms with Gasteiger partial charge in [0.1, 0.15) is 17.4 Å². The number of rotatable bonds is 6. The minimum Gasteiger partial charge on any atom is -0.479 e. The molecule has 6 heteroatoms. The molecule has 2 aromatic carbocycles. The number of aliphatic hydroxyl groups is 1. The third-order valence-electron chi connectivity index (χ3n) is 5.27. The predicted octanol–water partition coefficient (Wildman–Crippen LogP) is 2.84. The van der Waals surface area contributed by atoms with Crippen molar-refractivity contribution in [3.8, 4) is 5.75 Å². The zero-order chi connectivity index (χ0) is 20.4. The highest BCUT2D eigenvalue weighted by atomic mass is 16.5. The molecule has 0 radical (unpaired) electrons. The number of aliphatic hydroxyl groups excluding tert-OH is 1. The number of hydrogen-bond acceptors (Lipinski definition) is 5. The summed E-state index contributed by atoms with van der Waals surface area (Å²) >= 11 is 0. The summed E-state index contributed by atoms with van der Waals surface area (Å²) in [6.45, 7) is 4.77. The lowest BCUT2D eigenvalue weighted by Gasteiger charge is -2.31. The number of hydrogen-bond donors (Lipinski definition) is 2. The Hall–Kier alpha value is -2.96. The van der Waals surface area contributed by atoms with Gasteiger partial charge in [-0.2, -0.15) is 0 Å². The summed E-state index contributed by atoms with van der Waals surface area (Å²) in [5, 5.41) is 14.2. The van der Waals surface area contributed by atoms with Crippen LogP contribution in [0, 0.1) is 0 Å². The number of nitrogens with one attached hydrogen (secondary N) is 1. The van der Waals surface area contributed by atoms with E-state index in [-0.39, 0.29) is 5.91 Å². The standard InChI is InChI=1S/C23H25N3O3/c1-15(27)22(26-13-18-7-3-4-8-19(18)14-26)25-23(28)16(2)29-20-11-5-9-17-10-6-12-24-21(17)20/h3-12,15-16,22,27H,13-14H2,1-2H3,(H,25,28)/t15?,16?,22-/m0/s1. The minimum absolute atomic E-state index is 0.278. The molecule has 0 spiro atoms. The summed E-state index contributed by atoms with van der Waals surface area (Å²) in [6.07, 6.45) is -0.242. The van der Waals surface area contributed by atoms with Crippen molar-refractivity contribution in [2.24, 2.45) is 0 Å². The van der Waals surface area contributed by atoms with Crippen molar-refractivity contribution in [3.63, 3.8) is 0 Å². The first-order valence-corrected chi connectivity index (χ1v) is 9.82. The van der Waals surface area contributed by atoms with Gasteiger partial charge in [0.2, 0.25) is 0 Å². The van der Waals surface area contributed by atoms with E-state index in [1.807, 2.05) is 42.5 Å². The number of amides is 1. The number of fused-ring (bicyclic) bond motifs is 2. The van der Waals surface area contributed by atoms with Gasteiger partial charge < -0.3 is 15.2 Å². The van der Waals surface area contributed by atoms with Gasteiger partial charge in [0.25, 0.3) is 5.91 Å². The fourth-order valence-electron chi connectivity index (χ4n) is 3.75. The molecule has 3 aromatic rings. The maximum Gasteiger partial charge on any atom is 0.262 e. The Balaban J connectivity index is 1.45. The Morgan fingerprint density at radius 2 is 1.76 bits per heavy atom.